The molecule has 0 spiro atoms. The Kier molecular flexibility index (Phi) is 3.24. The summed E-state index contributed by atoms with van der Waals surface area (Å²) in [6.45, 7) is 0.397. The van der Waals surface area contributed by atoms with Gasteiger partial charge in [-0.05, 0) is 17.6 Å². The highest BCUT2D eigenvalue weighted by Crippen LogP contribution is 2.21. The smallest absolute Gasteiger partial charge is 0.304 e. The largest absolute Gasteiger partial charge is 0.379 e. The third kappa shape index (κ3) is 2.72. The van der Waals surface area contributed by atoms with Crippen LogP contribution in [0.15, 0.2) is 23.6 Å². The van der Waals surface area contributed by atoms with Crippen LogP contribution in [-0.2, 0) is 6.54 Å². The van der Waals surface area contributed by atoms with E-state index in [1.54, 1.807) is 5.38 Å². The van der Waals surface area contributed by atoms with E-state index in [0.717, 1.165) is 17.8 Å². The fraction of sp³-hybridized carbons (Fsp3) is 0.111. The number of nitrogens with one attached hydrogen (secondary N) is 1. The van der Waals surface area contributed by atoms with Crippen LogP contribution < -0.4 is 5.32 Å². The molecule has 0 atom stereocenters. The molecule has 8 heteroatoms. The molecule has 6 nitrogen and oxygen atoms in total. The summed E-state index contributed by atoms with van der Waals surface area (Å²) >= 11 is 1.22. The second-order valence-electron chi connectivity index (χ2n) is 3.17. The van der Waals surface area contributed by atoms with E-state index < -0.39 is 16.4 Å². The standard InChI is InChI=1S/C9H7FN4O2S/c10-8-3-6(1-2-9(8)14(15)16)11-4-7-5-17-13-12-7/h1-3,5,11H,4H2. The second-order valence-corrected chi connectivity index (χ2v) is 3.78. The van der Waals surface area contributed by atoms with E-state index in [4.69, 9.17) is 0 Å². The molecule has 0 unspecified atom stereocenters. The molecule has 2 rings (SSSR count). The molecular formula is C9H7FN4O2S. The average molecular weight is 254 g/mol. The molecule has 0 bridgehead atoms. The van der Waals surface area contributed by atoms with Gasteiger partial charge in [-0.1, -0.05) is 4.49 Å². The predicted octanol–water partition coefficient (Wildman–Crippen LogP) is 2.20. The minimum Gasteiger partial charge on any atom is -0.379 e. The van der Waals surface area contributed by atoms with Gasteiger partial charge in [0, 0.05) is 23.2 Å². The van der Waals surface area contributed by atoms with E-state index >= 15 is 0 Å². The number of aromatic nitrogens is 2. The van der Waals surface area contributed by atoms with Crippen LogP contribution in [0.2, 0.25) is 0 Å². The molecule has 0 aliphatic carbocycles. The molecule has 0 radical (unpaired) electrons. The molecule has 1 aromatic heterocycles. The summed E-state index contributed by atoms with van der Waals surface area (Å²) in [7, 11) is 0. The van der Waals surface area contributed by atoms with Crippen LogP contribution >= 0.6 is 11.5 Å². The second kappa shape index (κ2) is 4.83. The van der Waals surface area contributed by atoms with Gasteiger partial charge in [0.1, 0.15) is 0 Å². The number of nitrogens with zero attached hydrogens (tertiary/aromatic N) is 3. The Hall–Kier alpha value is -2.09. The Bertz CT molecular complexity index is 532. The van der Waals surface area contributed by atoms with Gasteiger partial charge in [-0.15, -0.1) is 5.10 Å². The lowest BCUT2D eigenvalue weighted by Crippen LogP contribution is -2.01. The maximum Gasteiger partial charge on any atom is 0.304 e. The van der Waals surface area contributed by atoms with Crippen molar-refractivity contribution in [2.75, 3.05) is 5.32 Å². The van der Waals surface area contributed by atoms with Gasteiger partial charge in [0.15, 0.2) is 0 Å². The van der Waals surface area contributed by atoms with Gasteiger partial charge >= 0.3 is 5.69 Å². The summed E-state index contributed by atoms with van der Waals surface area (Å²) in [5.41, 5.74) is 0.653. The molecule has 1 heterocycles. The van der Waals surface area contributed by atoms with Crippen molar-refractivity contribution >= 4 is 22.9 Å². The van der Waals surface area contributed by atoms with Crippen molar-refractivity contribution in [1.29, 1.82) is 0 Å². The van der Waals surface area contributed by atoms with Gasteiger partial charge in [-0.25, -0.2) is 0 Å². The van der Waals surface area contributed by atoms with Gasteiger partial charge in [0.2, 0.25) is 5.82 Å². The van der Waals surface area contributed by atoms with Gasteiger partial charge < -0.3 is 5.32 Å². The number of hydrogen-bond acceptors (Lipinski definition) is 6. The topological polar surface area (TPSA) is 81.0 Å². The van der Waals surface area contributed by atoms with E-state index in [2.05, 4.69) is 14.9 Å². The lowest BCUT2D eigenvalue weighted by atomic mass is 10.2. The molecule has 1 N–H and O–H groups in total. The first-order chi connectivity index (χ1) is 8.16. The van der Waals surface area contributed by atoms with Gasteiger partial charge in [-0.3, -0.25) is 10.1 Å². The van der Waals surface area contributed by atoms with Crippen LogP contribution in [-0.4, -0.2) is 14.5 Å². The maximum atomic E-state index is 13.3. The normalized spacial score (nSPS) is 10.2. The maximum absolute atomic E-state index is 13.3. The molecule has 0 saturated heterocycles. The van der Waals surface area contributed by atoms with Crippen LogP contribution in [0.1, 0.15) is 5.69 Å². The van der Waals surface area contributed by atoms with Crippen LogP contribution in [0.3, 0.4) is 0 Å². The highest BCUT2D eigenvalue weighted by Gasteiger charge is 2.13. The van der Waals surface area contributed by atoms with Crippen LogP contribution in [0, 0.1) is 15.9 Å². The fourth-order valence-electron chi connectivity index (χ4n) is 1.22. The third-order valence-corrected chi connectivity index (χ3v) is 2.58. The van der Waals surface area contributed by atoms with E-state index in [0.29, 0.717) is 12.2 Å². The van der Waals surface area contributed by atoms with Gasteiger partial charge in [0.05, 0.1) is 17.2 Å². The van der Waals surface area contributed by atoms with Gasteiger partial charge in [0.25, 0.3) is 0 Å². The van der Waals surface area contributed by atoms with Crippen molar-refractivity contribution in [3.05, 3.63) is 45.2 Å². The highest BCUT2D eigenvalue weighted by atomic mass is 32.1. The molecule has 17 heavy (non-hydrogen) atoms. The first-order valence-electron chi connectivity index (χ1n) is 4.60. The SMILES string of the molecule is O=[N+]([O-])c1ccc(NCc2csnn2)cc1F. The van der Waals surface area contributed by atoms with Crippen LogP contribution in [0.4, 0.5) is 15.8 Å². The third-order valence-electron chi connectivity index (χ3n) is 2.02. The van der Waals surface area contributed by atoms with E-state index in [1.165, 1.54) is 17.6 Å². The summed E-state index contributed by atoms with van der Waals surface area (Å²) in [6.07, 6.45) is 0. The highest BCUT2D eigenvalue weighted by molar-refractivity contribution is 7.03. The molecular weight excluding hydrogens is 247 g/mol. The molecule has 2 aromatic rings. The first-order valence-corrected chi connectivity index (χ1v) is 5.44. The first kappa shape index (κ1) is 11.4. The summed E-state index contributed by atoms with van der Waals surface area (Å²) in [5.74, 6) is -0.864. The Morgan fingerprint density at radius 2 is 2.35 bits per heavy atom. The number of benzene rings is 1. The van der Waals surface area contributed by atoms with Crippen molar-refractivity contribution in [2.45, 2.75) is 6.54 Å². The Morgan fingerprint density at radius 3 is 2.94 bits per heavy atom. The molecule has 0 aliphatic heterocycles. The Morgan fingerprint density at radius 1 is 1.53 bits per heavy atom. The quantitative estimate of drug-likeness (QED) is 0.668. The minimum absolute atomic E-state index is 0.397. The Labute approximate surface area is 99.4 Å². The van der Waals surface area contributed by atoms with E-state index in [1.807, 2.05) is 0 Å². The van der Waals surface area contributed by atoms with Crippen molar-refractivity contribution in [3.8, 4) is 0 Å². The summed E-state index contributed by atoms with van der Waals surface area (Å²) in [6, 6.07) is 3.65. The zero-order valence-corrected chi connectivity index (χ0v) is 9.28. The minimum atomic E-state index is -0.864. The number of rotatable bonds is 4. The average Bonchev–Trinajstić information content (AvgIpc) is 2.78. The lowest BCUT2D eigenvalue weighted by molar-refractivity contribution is -0.387. The molecule has 88 valence electrons. The number of nitro benzene ring substituents is 1. The number of halogens is 1. The number of nitro groups is 1. The number of hydrogen-bond donors (Lipinski definition) is 1. The predicted molar refractivity (Wildman–Crippen MR) is 60.3 cm³/mol. The van der Waals surface area contributed by atoms with Gasteiger partial charge in [-0.2, -0.15) is 4.39 Å². The van der Waals surface area contributed by atoms with Crippen molar-refractivity contribution in [2.24, 2.45) is 0 Å². The molecule has 0 saturated carbocycles. The number of anilines is 1. The Balaban J connectivity index is 2.07. The van der Waals surface area contributed by atoms with Crippen LogP contribution in [0.25, 0.3) is 0 Å². The van der Waals surface area contributed by atoms with Crippen LogP contribution in [0.5, 0.6) is 0 Å². The monoisotopic (exact) mass is 254 g/mol. The van der Waals surface area contributed by atoms with E-state index in [9.17, 15) is 14.5 Å². The molecule has 0 aliphatic rings. The van der Waals surface area contributed by atoms with E-state index in [-0.39, 0.29) is 0 Å². The molecule has 0 fully saturated rings. The molecule has 0 amide bonds. The molecule has 1 aromatic carbocycles. The summed E-state index contributed by atoms with van der Waals surface area (Å²) in [4.78, 5) is 9.65. The summed E-state index contributed by atoms with van der Waals surface area (Å²) < 4.78 is 16.9. The van der Waals surface area contributed by atoms with Crippen molar-refractivity contribution in [3.63, 3.8) is 0 Å². The summed E-state index contributed by atoms with van der Waals surface area (Å²) in [5, 5.41) is 18.9. The van der Waals surface area contributed by atoms with Crippen molar-refractivity contribution in [1.82, 2.24) is 9.59 Å². The lowest BCUT2D eigenvalue weighted by Gasteiger charge is -2.03. The zero-order valence-electron chi connectivity index (χ0n) is 8.46. The fourth-order valence-corrected chi connectivity index (χ4v) is 1.67. The van der Waals surface area contributed by atoms with Crippen molar-refractivity contribution < 1.29 is 9.31 Å². The zero-order chi connectivity index (χ0) is 12.3.